The van der Waals surface area contributed by atoms with Crippen molar-refractivity contribution in [2.45, 2.75) is 96.6 Å². The van der Waals surface area contributed by atoms with Crippen molar-refractivity contribution in [3.63, 3.8) is 0 Å². The van der Waals surface area contributed by atoms with Gasteiger partial charge in [0.05, 0.1) is 0 Å². The fourth-order valence-corrected chi connectivity index (χ4v) is 5.03. The predicted octanol–water partition coefficient (Wildman–Crippen LogP) is 5.70. The summed E-state index contributed by atoms with van der Waals surface area (Å²) in [6, 6.07) is 8.84. The smallest absolute Gasteiger partial charge is 0.407 e. The van der Waals surface area contributed by atoms with Crippen molar-refractivity contribution in [1.29, 1.82) is 0 Å². The van der Waals surface area contributed by atoms with Gasteiger partial charge in [0.15, 0.2) is 0 Å². The largest absolute Gasteiger partial charge is 0.444 e. The Labute approximate surface area is 211 Å². The Balaban J connectivity index is 1.28. The molecule has 1 aliphatic carbocycles. The van der Waals surface area contributed by atoms with E-state index >= 15 is 0 Å². The fraction of sp³-hybridized carbons (Fsp3) is 0.714. The summed E-state index contributed by atoms with van der Waals surface area (Å²) in [6.45, 7) is 8.50. The van der Waals surface area contributed by atoms with Gasteiger partial charge in [0.1, 0.15) is 5.60 Å². The molecule has 3 amide bonds. The van der Waals surface area contributed by atoms with E-state index < -0.39 is 5.60 Å². The molecule has 1 aliphatic heterocycles. The second kappa shape index (κ2) is 13.6. The summed E-state index contributed by atoms with van der Waals surface area (Å²) in [5, 5.41) is 9.54. The number of nitrogens with zero attached hydrogens (tertiary/aromatic N) is 1. The van der Waals surface area contributed by atoms with Gasteiger partial charge in [-0.1, -0.05) is 44.2 Å². The zero-order valence-electron chi connectivity index (χ0n) is 22.0. The van der Waals surface area contributed by atoms with E-state index in [2.05, 4.69) is 40.2 Å². The van der Waals surface area contributed by atoms with Crippen LogP contribution in [0.5, 0.6) is 0 Å². The molecule has 2 aliphatic rings. The third-order valence-electron chi connectivity index (χ3n) is 6.98. The minimum absolute atomic E-state index is 0.0939. The van der Waals surface area contributed by atoms with E-state index in [0.717, 1.165) is 56.9 Å². The van der Waals surface area contributed by atoms with Gasteiger partial charge in [0.2, 0.25) is 0 Å². The van der Waals surface area contributed by atoms with E-state index in [4.69, 9.17) is 4.74 Å². The lowest BCUT2D eigenvalue weighted by Gasteiger charge is -2.33. The van der Waals surface area contributed by atoms with Gasteiger partial charge in [-0.25, -0.2) is 9.59 Å². The van der Waals surface area contributed by atoms with Gasteiger partial charge >= 0.3 is 12.1 Å². The van der Waals surface area contributed by atoms with Gasteiger partial charge in [-0.2, -0.15) is 0 Å². The highest BCUT2D eigenvalue weighted by molar-refractivity contribution is 5.74. The van der Waals surface area contributed by atoms with Crippen LogP contribution in [0.25, 0.3) is 0 Å². The second-order valence-corrected chi connectivity index (χ2v) is 11.2. The number of nitrogens with one attached hydrogen (secondary N) is 3. The molecule has 0 spiro atoms. The van der Waals surface area contributed by atoms with E-state index in [9.17, 15) is 9.59 Å². The number of anilines is 1. The SMILES string of the molecule is CC(C)(C)OC(=O)NCCc1ccc(NC2CCN(C(=O)NCCCC3CCCCC3)CC2)cc1. The van der Waals surface area contributed by atoms with Crippen molar-refractivity contribution in [3.05, 3.63) is 29.8 Å². The van der Waals surface area contributed by atoms with Crippen LogP contribution in [0.3, 0.4) is 0 Å². The molecule has 1 heterocycles. The van der Waals surface area contributed by atoms with Crippen LogP contribution in [0.1, 0.15) is 84.1 Å². The molecule has 3 rings (SSSR count). The van der Waals surface area contributed by atoms with Gasteiger partial charge in [-0.05, 0) is 76.5 Å². The number of piperidine rings is 1. The topological polar surface area (TPSA) is 82.7 Å². The van der Waals surface area contributed by atoms with Crippen molar-refractivity contribution < 1.29 is 14.3 Å². The van der Waals surface area contributed by atoms with Gasteiger partial charge < -0.3 is 25.6 Å². The average Bonchev–Trinajstić information content (AvgIpc) is 2.83. The van der Waals surface area contributed by atoms with E-state index in [-0.39, 0.29) is 12.1 Å². The molecule has 1 saturated carbocycles. The Bertz CT molecular complexity index is 776. The third kappa shape index (κ3) is 10.4. The van der Waals surface area contributed by atoms with E-state index in [1.165, 1.54) is 44.1 Å². The molecule has 1 aromatic carbocycles. The van der Waals surface area contributed by atoms with Crippen LogP contribution in [-0.2, 0) is 11.2 Å². The number of amides is 3. The summed E-state index contributed by atoms with van der Waals surface area (Å²) >= 11 is 0. The fourth-order valence-electron chi connectivity index (χ4n) is 5.03. The number of hydrogen-bond acceptors (Lipinski definition) is 4. The Morgan fingerprint density at radius 2 is 1.63 bits per heavy atom. The molecule has 3 N–H and O–H groups in total. The maximum absolute atomic E-state index is 12.5. The second-order valence-electron chi connectivity index (χ2n) is 11.2. The zero-order valence-corrected chi connectivity index (χ0v) is 22.0. The van der Waals surface area contributed by atoms with Crippen molar-refractivity contribution in [2.75, 3.05) is 31.5 Å². The van der Waals surface area contributed by atoms with E-state index in [1.807, 2.05) is 25.7 Å². The zero-order chi connectivity index (χ0) is 25.1. The van der Waals surface area contributed by atoms with Gasteiger partial charge in [0, 0.05) is 37.9 Å². The number of likely N-dealkylation sites (tertiary alicyclic amines) is 1. The molecule has 7 heteroatoms. The molecule has 1 aromatic rings. The monoisotopic (exact) mass is 486 g/mol. The number of hydrogen-bond donors (Lipinski definition) is 3. The van der Waals surface area contributed by atoms with Crippen molar-refractivity contribution >= 4 is 17.8 Å². The summed E-state index contributed by atoms with van der Waals surface area (Å²) in [6.07, 6.45) is 11.6. The van der Waals surface area contributed by atoms with Gasteiger partial charge in [0.25, 0.3) is 0 Å². The number of carbonyl (C=O) groups is 2. The lowest BCUT2D eigenvalue weighted by molar-refractivity contribution is 0.0528. The third-order valence-corrected chi connectivity index (χ3v) is 6.98. The van der Waals surface area contributed by atoms with Gasteiger partial charge in [-0.15, -0.1) is 0 Å². The highest BCUT2D eigenvalue weighted by atomic mass is 16.6. The van der Waals surface area contributed by atoms with Crippen LogP contribution < -0.4 is 16.0 Å². The van der Waals surface area contributed by atoms with Crippen molar-refractivity contribution in [2.24, 2.45) is 5.92 Å². The molecule has 7 nitrogen and oxygen atoms in total. The Hall–Kier alpha value is -2.44. The Kier molecular flexibility index (Phi) is 10.5. The first-order chi connectivity index (χ1) is 16.8. The quantitative estimate of drug-likeness (QED) is 0.391. The maximum Gasteiger partial charge on any atom is 0.407 e. The van der Waals surface area contributed by atoms with E-state index in [1.54, 1.807) is 0 Å². The van der Waals surface area contributed by atoms with Crippen LogP contribution in [0.15, 0.2) is 24.3 Å². The summed E-state index contributed by atoms with van der Waals surface area (Å²) < 4.78 is 5.26. The molecule has 1 saturated heterocycles. The summed E-state index contributed by atoms with van der Waals surface area (Å²) in [5.74, 6) is 0.880. The molecule has 2 fully saturated rings. The summed E-state index contributed by atoms with van der Waals surface area (Å²) in [7, 11) is 0. The Morgan fingerprint density at radius 3 is 2.29 bits per heavy atom. The summed E-state index contributed by atoms with van der Waals surface area (Å²) in [4.78, 5) is 26.2. The minimum atomic E-state index is -0.481. The number of ether oxygens (including phenoxy) is 1. The first kappa shape index (κ1) is 27.2. The number of urea groups is 1. The molecule has 0 unspecified atom stereocenters. The number of carbonyl (C=O) groups excluding carboxylic acids is 2. The lowest BCUT2D eigenvalue weighted by atomic mass is 9.86. The molecule has 0 atom stereocenters. The number of alkyl carbamates (subject to hydrolysis) is 1. The van der Waals surface area contributed by atoms with Gasteiger partial charge in [-0.3, -0.25) is 0 Å². The molecule has 35 heavy (non-hydrogen) atoms. The molecule has 0 aromatic heterocycles. The molecular weight excluding hydrogens is 440 g/mol. The van der Waals surface area contributed by atoms with Crippen LogP contribution in [0.4, 0.5) is 15.3 Å². The van der Waals surface area contributed by atoms with Crippen LogP contribution in [0, 0.1) is 5.92 Å². The van der Waals surface area contributed by atoms with E-state index in [0.29, 0.717) is 12.6 Å². The normalized spacial score (nSPS) is 17.6. The minimum Gasteiger partial charge on any atom is -0.444 e. The molecule has 196 valence electrons. The Morgan fingerprint density at radius 1 is 0.943 bits per heavy atom. The predicted molar refractivity (Wildman–Crippen MR) is 142 cm³/mol. The number of rotatable bonds is 9. The number of benzene rings is 1. The average molecular weight is 487 g/mol. The van der Waals surface area contributed by atoms with Crippen LogP contribution >= 0.6 is 0 Å². The summed E-state index contributed by atoms with van der Waals surface area (Å²) in [5.41, 5.74) is 1.78. The first-order valence-corrected chi connectivity index (χ1v) is 13.6. The first-order valence-electron chi connectivity index (χ1n) is 13.6. The maximum atomic E-state index is 12.5. The lowest BCUT2D eigenvalue weighted by Crippen LogP contribution is -2.47. The highest BCUT2D eigenvalue weighted by Crippen LogP contribution is 2.27. The van der Waals surface area contributed by atoms with Crippen molar-refractivity contribution in [3.8, 4) is 0 Å². The van der Waals surface area contributed by atoms with Crippen molar-refractivity contribution in [1.82, 2.24) is 15.5 Å². The van der Waals surface area contributed by atoms with Crippen LogP contribution in [-0.4, -0.2) is 54.8 Å². The highest BCUT2D eigenvalue weighted by Gasteiger charge is 2.22. The molecule has 0 bridgehead atoms. The standard InChI is InChI=1S/C28H46N4O3/c1-28(2,3)35-27(34)30-19-15-23-11-13-24(14-12-23)31-25-16-20-32(21-17-25)26(33)29-18-7-10-22-8-5-4-6-9-22/h11-14,22,25,31H,4-10,15-21H2,1-3H3,(H,29,33)(H,30,34). The molecule has 0 radical (unpaired) electrons. The molecular formula is C28H46N4O3. The van der Waals surface area contributed by atoms with Crippen LogP contribution in [0.2, 0.25) is 0 Å².